The second-order valence-corrected chi connectivity index (χ2v) is 11.8. The molecule has 1 amide bonds. The normalized spacial score (nSPS) is 28.2. The van der Waals surface area contributed by atoms with Crippen LogP contribution in [0, 0.1) is 11.8 Å². The molecule has 6 atom stereocenters. The molecule has 226 valence electrons. The van der Waals surface area contributed by atoms with Crippen LogP contribution >= 0.6 is 0 Å². The highest BCUT2D eigenvalue weighted by atomic mass is 16.4. The Bertz CT molecular complexity index is 1890. The number of fused-ring (bicyclic) bond motifs is 4. The molecule has 44 heavy (non-hydrogen) atoms. The van der Waals surface area contributed by atoms with Crippen molar-refractivity contribution in [3.8, 4) is 16.9 Å². The minimum absolute atomic E-state index is 0.109. The number of hydrogen-bond acceptors (Lipinski definition) is 10. The smallest absolute Gasteiger partial charge is 0.255 e. The second-order valence-electron chi connectivity index (χ2n) is 11.8. The highest BCUT2D eigenvalue weighted by Crippen LogP contribution is 2.57. The van der Waals surface area contributed by atoms with Crippen molar-refractivity contribution in [1.29, 1.82) is 0 Å². The number of benzene rings is 3. The molecule has 11 heteroatoms. The van der Waals surface area contributed by atoms with E-state index in [1.165, 1.54) is 25.1 Å². The molecule has 0 aliphatic heterocycles. The number of carbonyl (C=O) groups is 4. The lowest BCUT2D eigenvalue weighted by molar-refractivity contribution is -0.169. The molecule has 0 radical (unpaired) electrons. The summed E-state index contributed by atoms with van der Waals surface area (Å²) in [5.41, 5.74) is 2.89. The molecule has 1 saturated carbocycles. The number of aldehydes is 1. The van der Waals surface area contributed by atoms with E-state index in [2.05, 4.69) is 0 Å². The molecule has 3 aromatic carbocycles. The molecular formula is C33H30N2O9. The van der Waals surface area contributed by atoms with Gasteiger partial charge < -0.3 is 31.3 Å². The van der Waals surface area contributed by atoms with Gasteiger partial charge in [-0.15, -0.1) is 0 Å². The monoisotopic (exact) mass is 598 g/mol. The van der Waals surface area contributed by atoms with Gasteiger partial charge in [-0.2, -0.15) is 0 Å². The standard InChI is InChI=1S/C33H30N2O9/c1-13-20-18(17-9-8-14(12-36)15-6-4-5-7-16(15)17)10-11-19(37)22(20)27(38)23-21(13)28(39)25-26(35(2)3)29(40)24(32(34)43)31(42)33(25,44)30(23)41/h4-13,21,25-26,28,37-39,42,44H,1-3H3,(H2,34,43)/t13-,21-,25-,26-,28-,33+/m1/s1. The molecule has 1 fully saturated rings. The van der Waals surface area contributed by atoms with Gasteiger partial charge in [-0.3, -0.25) is 24.1 Å². The number of nitrogens with two attached hydrogens (primary N) is 1. The van der Waals surface area contributed by atoms with E-state index in [0.29, 0.717) is 33.0 Å². The van der Waals surface area contributed by atoms with Gasteiger partial charge in [0.1, 0.15) is 22.8 Å². The number of hydrogen-bond donors (Lipinski definition) is 6. The number of primary amides is 1. The van der Waals surface area contributed by atoms with Gasteiger partial charge in [0.2, 0.25) is 5.78 Å². The fourth-order valence-electron chi connectivity index (χ4n) is 7.59. The molecule has 0 bridgehead atoms. The summed E-state index contributed by atoms with van der Waals surface area (Å²) >= 11 is 0. The van der Waals surface area contributed by atoms with E-state index in [4.69, 9.17) is 5.73 Å². The van der Waals surface area contributed by atoms with Crippen molar-refractivity contribution >= 4 is 40.3 Å². The van der Waals surface area contributed by atoms with Crippen LogP contribution in [0.2, 0.25) is 0 Å². The van der Waals surface area contributed by atoms with E-state index < -0.39 is 75.6 Å². The van der Waals surface area contributed by atoms with E-state index >= 15 is 0 Å². The number of ketones is 2. The zero-order chi connectivity index (χ0) is 32.0. The van der Waals surface area contributed by atoms with Crippen molar-refractivity contribution in [3.05, 3.63) is 82.1 Å². The van der Waals surface area contributed by atoms with Gasteiger partial charge in [-0.25, -0.2) is 0 Å². The summed E-state index contributed by atoms with van der Waals surface area (Å²) in [6, 6.07) is 12.1. The number of carbonyl (C=O) groups excluding carboxylic acids is 4. The second kappa shape index (κ2) is 9.84. The van der Waals surface area contributed by atoms with Crippen molar-refractivity contribution in [3.63, 3.8) is 0 Å². The van der Waals surface area contributed by atoms with Crippen LogP contribution in [0.15, 0.2) is 65.4 Å². The topological polar surface area (TPSA) is 199 Å². The number of aromatic hydroxyl groups is 1. The summed E-state index contributed by atoms with van der Waals surface area (Å²) in [7, 11) is 2.90. The lowest BCUT2D eigenvalue weighted by atomic mass is 9.54. The summed E-state index contributed by atoms with van der Waals surface area (Å²) in [4.78, 5) is 52.9. The average Bonchev–Trinajstić information content (AvgIpc) is 2.98. The Kier molecular flexibility index (Phi) is 6.54. The van der Waals surface area contributed by atoms with Crippen molar-refractivity contribution in [2.45, 2.75) is 30.6 Å². The van der Waals surface area contributed by atoms with Crippen LogP contribution in [-0.4, -0.2) is 86.0 Å². The Morgan fingerprint density at radius 2 is 1.61 bits per heavy atom. The number of amides is 1. The molecule has 0 unspecified atom stereocenters. The van der Waals surface area contributed by atoms with E-state index in [9.17, 15) is 44.7 Å². The van der Waals surface area contributed by atoms with Crippen LogP contribution in [-0.2, 0) is 14.4 Å². The van der Waals surface area contributed by atoms with E-state index in [1.54, 1.807) is 43.3 Å². The zero-order valence-corrected chi connectivity index (χ0v) is 24.0. The number of aliphatic hydroxyl groups excluding tert-OH is 3. The molecule has 6 rings (SSSR count). The van der Waals surface area contributed by atoms with Crippen molar-refractivity contribution in [2.24, 2.45) is 17.6 Å². The first kappa shape index (κ1) is 29.2. The number of Topliss-reactive ketones (excluding diaryl/α,β-unsaturated/α-hetero) is 2. The molecule has 3 aliphatic carbocycles. The molecule has 11 nitrogen and oxygen atoms in total. The highest BCUT2D eigenvalue weighted by Gasteiger charge is 2.68. The van der Waals surface area contributed by atoms with Crippen molar-refractivity contribution in [1.82, 2.24) is 4.90 Å². The maximum absolute atomic E-state index is 14.2. The number of nitrogens with zero attached hydrogens (tertiary/aromatic N) is 1. The third-order valence-electron chi connectivity index (χ3n) is 9.48. The predicted octanol–water partition coefficient (Wildman–Crippen LogP) is 2.13. The summed E-state index contributed by atoms with van der Waals surface area (Å²) in [6.07, 6.45) is -0.969. The Balaban J connectivity index is 1.66. The van der Waals surface area contributed by atoms with Gasteiger partial charge in [-0.05, 0) is 53.5 Å². The molecule has 7 N–H and O–H groups in total. The van der Waals surface area contributed by atoms with Crippen LogP contribution in [0.3, 0.4) is 0 Å². The van der Waals surface area contributed by atoms with Crippen LogP contribution in [0.1, 0.15) is 34.3 Å². The Labute approximate surface area is 251 Å². The van der Waals surface area contributed by atoms with Gasteiger partial charge >= 0.3 is 0 Å². The first-order chi connectivity index (χ1) is 20.8. The molecule has 0 saturated heterocycles. The lowest BCUT2D eigenvalue weighted by Gasteiger charge is -2.53. The molecule has 3 aliphatic rings. The Morgan fingerprint density at radius 1 is 0.977 bits per heavy atom. The SMILES string of the molecule is C[C@@H]1c2c(-c3ccc(C=O)c4ccccc34)ccc(O)c2C(O)=C2C(=O)[C@]3(O)C(O)=C(C(N)=O)C(=O)[C@H](N(C)C)[C@@H]3[C@H](O)[C@@H]21. The molecule has 0 spiro atoms. The largest absolute Gasteiger partial charge is 0.508 e. The molecule has 3 aromatic rings. The molecule has 0 aromatic heterocycles. The minimum Gasteiger partial charge on any atom is -0.508 e. The number of aliphatic hydroxyl groups is 4. The zero-order valence-electron chi connectivity index (χ0n) is 24.0. The fourth-order valence-corrected chi connectivity index (χ4v) is 7.59. The maximum atomic E-state index is 14.2. The lowest BCUT2D eigenvalue weighted by Crippen LogP contribution is -2.70. The van der Waals surface area contributed by atoms with Crippen molar-refractivity contribution < 1.29 is 44.7 Å². The fraction of sp³-hybridized carbons (Fsp3) is 0.273. The minimum atomic E-state index is -2.99. The van der Waals surface area contributed by atoms with Crippen LogP contribution < -0.4 is 5.73 Å². The van der Waals surface area contributed by atoms with E-state index in [-0.39, 0.29) is 11.3 Å². The van der Waals surface area contributed by atoms with E-state index in [1.807, 2.05) is 6.07 Å². The van der Waals surface area contributed by atoms with Crippen molar-refractivity contribution in [2.75, 3.05) is 14.1 Å². The Hall–Kier alpha value is -4.84. The molecular weight excluding hydrogens is 568 g/mol. The van der Waals surface area contributed by atoms with Gasteiger partial charge in [0.05, 0.1) is 23.6 Å². The van der Waals surface area contributed by atoms with Crippen LogP contribution in [0.25, 0.3) is 27.7 Å². The predicted molar refractivity (Wildman–Crippen MR) is 159 cm³/mol. The molecule has 0 heterocycles. The van der Waals surface area contributed by atoms with Gasteiger partial charge in [0.15, 0.2) is 17.7 Å². The number of likely N-dealkylation sites (N-methyl/N-ethyl adjacent to an activating group) is 1. The number of phenols is 1. The highest BCUT2D eigenvalue weighted by molar-refractivity contribution is 6.24. The third kappa shape index (κ3) is 3.60. The summed E-state index contributed by atoms with van der Waals surface area (Å²) in [5, 5.41) is 59.0. The maximum Gasteiger partial charge on any atom is 0.255 e. The first-order valence-electron chi connectivity index (χ1n) is 13.9. The van der Waals surface area contributed by atoms with Crippen LogP contribution in [0.4, 0.5) is 0 Å². The Morgan fingerprint density at radius 3 is 2.23 bits per heavy atom. The van der Waals surface area contributed by atoms with Gasteiger partial charge in [-0.1, -0.05) is 49.4 Å². The van der Waals surface area contributed by atoms with Crippen LogP contribution in [0.5, 0.6) is 5.75 Å². The number of phenolic OH excluding ortho intramolecular Hbond substituents is 1. The van der Waals surface area contributed by atoms with Gasteiger partial charge in [0.25, 0.3) is 5.91 Å². The van der Waals surface area contributed by atoms with E-state index in [0.717, 1.165) is 6.29 Å². The summed E-state index contributed by atoms with van der Waals surface area (Å²) in [5.74, 6) is -9.63. The first-order valence-corrected chi connectivity index (χ1v) is 13.9. The third-order valence-corrected chi connectivity index (χ3v) is 9.48. The average molecular weight is 599 g/mol. The summed E-state index contributed by atoms with van der Waals surface area (Å²) < 4.78 is 0. The quantitative estimate of drug-likeness (QED) is 0.191. The number of rotatable bonds is 4. The summed E-state index contributed by atoms with van der Waals surface area (Å²) in [6.45, 7) is 1.68. The van der Waals surface area contributed by atoms with Gasteiger partial charge in [0, 0.05) is 17.1 Å².